The van der Waals surface area contributed by atoms with Gasteiger partial charge in [0.2, 0.25) is 0 Å². The van der Waals surface area contributed by atoms with Crippen molar-refractivity contribution < 1.29 is 13.5 Å². The Bertz CT molecular complexity index is 662. The largest absolute Gasteiger partial charge is 0.435 e. The minimum atomic E-state index is -0.536. The molecule has 3 rings (SSSR count). The molecule has 1 aliphatic rings. The molecule has 0 spiro atoms. The smallest absolute Gasteiger partial charge is 0.256 e. The van der Waals surface area contributed by atoms with Gasteiger partial charge >= 0.3 is 0 Å². The second-order valence-corrected chi connectivity index (χ2v) is 5.33. The normalized spacial score (nSPS) is 14.2. The van der Waals surface area contributed by atoms with Crippen LogP contribution >= 0.6 is 11.6 Å². The van der Waals surface area contributed by atoms with E-state index in [-0.39, 0.29) is 16.7 Å². The van der Waals surface area contributed by atoms with E-state index in [1.807, 2.05) is 0 Å². The van der Waals surface area contributed by atoms with Crippen molar-refractivity contribution in [3.8, 4) is 11.6 Å². The van der Waals surface area contributed by atoms with E-state index in [1.165, 1.54) is 18.3 Å². The first-order valence-corrected chi connectivity index (χ1v) is 7.01. The summed E-state index contributed by atoms with van der Waals surface area (Å²) in [5.74, 6) is -1.02. The van der Waals surface area contributed by atoms with Gasteiger partial charge in [-0.2, -0.15) is 0 Å². The van der Waals surface area contributed by atoms with Crippen molar-refractivity contribution in [1.82, 2.24) is 10.3 Å². The molecular weight excluding hydrogens is 298 g/mol. The Hall–Kier alpha value is -1.72. The summed E-state index contributed by atoms with van der Waals surface area (Å²) in [5, 5.41) is 3.29. The molecule has 21 heavy (non-hydrogen) atoms. The van der Waals surface area contributed by atoms with Crippen molar-refractivity contribution in [3.05, 3.63) is 52.7 Å². The van der Waals surface area contributed by atoms with Crippen LogP contribution in [0.25, 0.3) is 0 Å². The van der Waals surface area contributed by atoms with E-state index in [2.05, 4.69) is 10.3 Å². The Kier molecular flexibility index (Phi) is 4.03. The molecule has 1 heterocycles. The minimum Gasteiger partial charge on any atom is -0.435 e. The molecular formula is C15H13ClF2N2O. The SMILES string of the molecule is Fc1ccc(Oc2nccc(CNC3CC3)c2F)c(Cl)c1. The van der Waals surface area contributed by atoms with Gasteiger partial charge in [-0.3, -0.25) is 0 Å². The Morgan fingerprint density at radius 3 is 2.81 bits per heavy atom. The van der Waals surface area contributed by atoms with Crippen LogP contribution in [0.5, 0.6) is 11.6 Å². The summed E-state index contributed by atoms with van der Waals surface area (Å²) >= 11 is 5.85. The van der Waals surface area contributed by atoms with Crippen LogP contribution in [0.1, 0.15) is 18.4 Å². The quantitative estimate of drug-likeness (QED) is 0.904. The van der Waals surface area contributed by atoms with Gasteiger partial charge in [-0.05, 0) is 37.1 Å². The molecule has 0 aliphatic heterocycles. The maximum absolute atomic E-state index is 14.3. The van der Waals surface area contributed by atoms with E-state index in [0.29, 0.717) is 18.2 Å². The molecule has 3 nitrogen and oxygen atoms in total. The molecule has 1 saturated carbocycles. The van der Waals surface area contributed by atoms with Crippen molar-refractivity contribution in [2.75, 3.05) is 0 Å². The lowest BCUT2D eigenvalue weighted by Gasteiger charge is -2.10. The number of nitrogens with one attached hydrogen (secondary N) is 1. The van der Waals surface area contributed by atoms with Crippen molar-refractivity contribution >= 4 is 11.6 Å². The molecule has 0 saturated heterocycles. The Balaban J connectivity index is 1.79. The first-order valence-electron chi connectivity index (χ1n) is 6.63. The number of halogens is 3. The molecule has 2 aromatic rings. The van der Waals surface area contributed by atoms with Gasteiger partial charge in [0.25, 0.3) is 5.88 Å². The third kappa shape index (κ3) is 3.49. The standard InChI is InChI=1S/C15H13ClF2N2O/c16-12-7-10(17)1-4-13(12)21-15-14(18)9(5-6-19-15)8-20-11-2-3-11/h1,4-7,11,20H,2-3,8H2. The summed E-state index contributed by atoms with van der Waals surface area (Å²) in [4.78, 5) is 3.86. The molecule has 0 unspecified atom stereocenters. The van der Waals surface area contributed by atoms with Gasteiger partial charge in [0.15, 0.2) is 5.82 Å². The third-order valence-corrected chi connectivity index (χ3v) is 3.49. The lowest BCUT2D eigenvalue weighted by atomic mass is 10.2. The van der Waals surface area contributed by atoms with E-state index < -0.39 is 11.6 Å². The summed E-state index contributed by atoms with van der Waals surface area (Å²) in [5.41, 5.74) is 0.477. The van der Waals surface area contributed by atoms with Gasteiger partial charge in [-0.1, -0.05) is 11.6 Å². The van der Waals surface area contributed by atoms with Crippen molar-refractivity contribution in [2.24, 2.45) is 0 Å². The fourth-order valence-electron chi connectivity index (χ4n) is 1.87. The van der Waals surface area contributed by atoms with Crippen LogP contribution in [0.3, 0.4) is 0 Å². The maximum Gasteiger partial charge on any atom is 0.256 e. The summed E-state index contributed by atoms with van der Waals surface area (Å²) in [6.45, 7) is 0.423. The predicted octanol–water partition coefficient (Wildman–Crippen LogP) is 4.06. The fraction of sp³-hybridized carbons (Fsp3) is 0.267. The van der Waals surface area contributed by atoms with Gasteiger partial charge in [0, 0.05) is 24.3 Å². The molecule has 1 aliphatic carbocycles. The van der Waals surface area contributed by atoms with Crippen LogP contribution in [0, 0.1) is 11.6 Å². The zero-order valence-electron chi connectivity index (χ0n) is 11.1. The number of pyridine rings is 1. The Morgan fingerprint density at radius 1 is 1.29 bits per heavy atom. The zero-order valence-corrected chi connectivity index (χ0v) is 11.8. The topological polar surface area (TPSA) is 34.1 Å². The van der Waals surface area contributed by atoms with Gasteiger partial charge in [-0.25, -0.2) is 13.8 Å². The number of benzene rings is 1. The van der Waals surface area contributed by atoms with E-state index in [4.69, 9.17) is 16.3 Å². The minimum absolute atomic E-state index is 0.0673. The van der Waals surface area contributed by atoms with Crippen LogP contribution in [-0.2, 0) is 6.54 Å². The highest BCUT2D eigenvalue weighted by Gasteiger charge is 2.21. The van der Waals surface area contributed by atoms with Crippen LogP contribution in [0.2, 0.25) is 5.02 Å². The van der Waals surface area contributed by atoms with E-state index in [0.717, 1.165) is 18.9 Å². The Labute approximate surface area is 125 Å². The number of hydrogen-bond donors (Lipinski definition) is 1. The molecule has 1 aromatic heterocycles. The first-order chi connectivity index (χ1) is 10.1. The average Bonchev–Trinajstić information content (AvgIpc) is 3.27. The third-order valence-electron chi connectivity index (χ3n) is 3.20. The molecule has 1 aromatic carbocycles. The van der Waals surface area contributed by atoms with Crippen molar-refractivity contribution in [3.63, 3.8) is 0 Å². The van der Waals surface area contributed by atoms with Crippen LogP contribution in [-0.4, -0.2) is 11.0 Å². The van der Waals surface area contributed by atoms with E-state index in [1.54, 1.807) is 6.07 Å². The highest BCUT2D eigenvalue weighted by molar-refractivity contribution is 6.32. The summed E-state index contributed by atoms with van der Waals surface area (Å²) in [6, 6.07) is 5.72. The maximum atomic E-state index is 14.3. The number of hydrogen-bond acceptors (Lipinski definition) is 3. The fourth-order valence-corrected chi connectivity index (χ4v) is 2.08. The lowest BCUT2D eigenvalue weighted by molar-refractivity contribution is 0.416. The van der Waals surface area contributed by atoms with Crippen molar-refractivity contribution in [2.45, 2.75) is 25.4 Å². The van der Waals surface area contributed by atoms with Gasteiger partial charge in [0.1, 0.15) is 11.6 Å². The first kappa shape index (κ1) is 14.2. The second kappa shape index (κ2) is 5.95. The molecule has 110 valence electrons. The summed E-state index contributed by atoms with van der Waals surface area (Å²) < 4.78 is 32.6. The summed E-state index contributed by atoms with van der Waals surface area (Å²) in [6.07, 6.45) is 3.72. The monoisotopic (exact) mass is 310 g/mol. The average molecular weight is 311 g/mol. The highest BCUT2D eigenvalue weighted by atomic mass is 35.5. The Morgan fingerprint density at radius 2 is 2.10 bits per heavy atom. The van der Waals surface area contributed by atoms with E-state index in [9.17, 15) is 8.78 Å². The molecule has 0 atom stereocenters. The number of ether oxygens (including phenoxy) is 1. The van der Waals surface area contributed by atoms with E-state index >= 15 is 0 Å². The number of rotatable bonds is 5. The van der Waals surface area contributed by atoms with Crippen LogP contribution < -0.4 is 10.1 Å². The van der Waals surface area contributed by atoms with Gasteiger partial charge in [0.05, 0.1) is 5.02 Å². The molecule has 0 amide bonds. The van der Waals surface area contributed by atoms with Gasteiger partial charge < -0.3 is 10.1 Å². The van der Waals surface area contributed by atoms with Crippen LogP contribution in [0.15, 0.2) is 30.5 Å². The molecule has 0 bridgehead atoms. The predicted molar refractivity (Wildman–Crippen MR) is 75.5 cm³/mol. The number of aromatic nitrogens is 1. The summed E-state index contributed by atoms with van der Waals surface area (Å²) in [7, 11) is 0. The van der Waals surface area contributed by atoms with Crippen LogP contribution in [0.4, 0.5) is 8.78 Å². The lowest BCUT2D eigenvalue weighted by Crippen LogP contribution is -2.16. The number of nitrogens with zero attached hydrogens (tertiary/aromatic N) is 1. The van der Waals surface area contributed by atoms with Crippen molar-refractivity contribution in [1.29, 1.82) is 0 Å². The molecule has 6 heteroatoms. The van der Waals surface area contributed by atoms with Gasteiger partial charge in [-0.15, -0.1) is 0 Å². The zero-order chi connectivity index (χ0) is 14.8. The highest BCUT2D eigenvalue weighted by Crippen LogP contribution is 2.31. The molecule has 1 fully saturated rings. The second-order valence-electron chi connectivity index (χ2n) is 4.92. The molecule has 1 N–H and O–H groups in total. The molecule has 0 radical (unpaired) electrons.